The molecule has 204 valence electrons. The summed E-state index contributed by atoms with van der Waals surface area (Å²) in [4.78, 5) is 35.0. The van der Waals surface area contributed by atoms with Gasteiger partial charge in [0, 0.05) is 49.2 Å². The Morgan fingerprint density at radius 1 is 1.05 bits per heavy atom. The van der Waals surface area contributed by atoms with Crippen LogP contribution in [-0.2, 0) is 13.1 Å². The van der Waals surface area contributed by atoms with E-state index in [1.165, 1.54) is 35.4 Å². The Labute approximate surface area is 238 Å². The number of aromatic nitrogens is 2. The summed E-state index contributed by atoms with van der Waals surface area (Å²) in [7, 11) is 0. The van der Waals surface area contributed by atoms with Crippen LogP contribution in [-0.4, -0.2) is 43.9 Å². The van der Waals surface area contributed by atoms with Crippen molar-refractivity contribution in [1.82, 2.24) is 20.2 Å². The summed E-state index contributed by atoms with van der Waals surface area (Å²) in [5, 5.41) is 15.2. The van der Waals surface area contributed by atoms with E-state index in [4.69, 9.17) is 12.2 Å². The molecule has 0 spiro atoms. The van der Waals surface area contributed by atoms with E-state index in [9.17, 15) is 14.9 Å². The summed E-state index contributed by atoms with van der Waals surface area (Å²) >= 11 is 5.64. The van der Waals surface area contributed by atoms with E-state index in [1.54, 1.807) is 17.4 Å². The lowest BCUT2D eigenvalue weighted by molar-refractivity contribution is -0.384. The fourth-order valence-corrected chi connectivity index (χ4v) is 5.19. The van der Waals surface area contributed by atoms with Gasteiger partial charge < -0.3 is 20.1 Å². The van der Waals surface area contributed by atoms with Crippen molar-refractivity contribution in [2.45, 2.75) is 31.8 Å². The average molecular weight is 555 g/mol. The predicted octanol–water partition coefficient (Wildman–Crippen LogP) is 5.42. The Morgan fingerprint density at radius 2 is 1.75 bits per heavy atom. The van der Waals surface area contributed by atoms with Gasteiger partial charge in [-0.05, 0) is 66.4 Å². The van der Waals surface area contributed by atoms with E-state index >= 15 is 0 Å². The molecule has 1 amide bonds. The smallest absolute Gasteiger partial charge is 0.269 e. The molecule has 10 heteroatoms. The molecule has 4 aromatic rings. The highest BCUT2D eigenvalue weighted by Gasteiger charge is 2.24. The van der Waals surface area contributed by atoms with Crippen LogP contribution >= 0.6 is 12.2 Å². The number of piperidine rings is 1. The van der Waals surface area contributed by atoms with Crippen molar-refractivity contribution in [3.63, 3.8) is 0 Å². The summed E-state index contributed by atoms with van der Waals surface area (Å²) in [6.07, 6.45) is 5.23. The van der Waals surface area contributed by atoms with Crippen LogP contribution in [0.3, 0.4) is 0 Å². The van der Waals surface area contributed by atoms with Crippen LogP contribution in [0.5, 0.6) is 0 Å². The third kappa shape index (κ3) is 6.52. The second-order valence-corrected chi connectivity index (χ2v) is 10.2. The van der Waals surface area contributed by atoms with E-state index in [-0.39, 0.29) is 11.6 Å². The van der Waals surface area contributed by atoms with Crippen molar-refractivity contribution in [2.24, 2.45) is 0 Å². The molecule has 0 radical (unpaired) electrons. The molecular weight excluding hydrogens is 524 g/mol. The van der Waals surface area contributed by atoms with Gasteiger partial charge in [-0.25, -0.2) is 4.98 Å². The number of hydrogen-bond acceptors (Lipinski definition) is 5. The Hall–Kier alpha value is -4.57. The molecule has 2 heterocycles. The Morgan fingerprint density at radius 3 is 2.38 bits per heavy atom. The number of thiocarbonyl (C=S) groups is 1. The number of amides is 1. The van der Waals surface area contributed by atoms with E-state index in [0.717, 1.165) is 42.4 Å². The Kier molecular flexibility index (Phi) is 8.46. The molecule has 1 aliphatic rings. The van der Waals surface area contributed by atoms with Crippen LogP contribution in [0.4, 0.5) is 11.4 Å². The first-order valence-corrected chi connectivity index (χ1v) is 13.6. The minimum Gasteiger partial charge on any atom is -0.358 e. The van der Waals surface area contributed by atoms with Gasteiger partial charge in [-0.15, -0.1) is 0 Å². The molecule has 0 saturated carbocycles. The fraction of sp³-hybridized carbons (Fsp3) is 0.233. The molecule has 40 heavy (non-hydrogen) atoms. The van der Waals surface area contributed by atoms with Crippen molar-refractivity contribution in [2.75, 3.05) is 18.0 Å². The van der Waals surface area contributed by atoms with E-state index in [1.807, 2.05) is 30.3 Å². The lowest BCUT2D eigenvalue weighted by atomic mass is 9.89. The number of nitrogens with one attached hydrogen (secondary N) is 2. The first-order valence-electron chi connectivity index (χ1n) is 13.2. The van der Waals surface area contributed by atoms with Crippen LogP contribution in [0, 0.1) is 10.1 Å². The second-order valence-electron chi connectivity index (χ2n) is 9.77. The normalized spacial score (nSPS) is 13.6. The summed E-state index contributed by atoms with van der Waals surface area (Å²) in [5.74, 6) is 0.163. The number of nitro groups is 1. The number of rotatable bonds is 8. The second kappa shape index (κ2) is 12.5. The van der Waals surface area contributed by atoms with Gasteiger partial charge in [-0.3, -0.25) is 14.9 Å². The first-order chi connectivity index (χ1) is 19.5. The SMILES string of the molecule is O=C(c1ccc([N+](=O)[O-])cc1)N(Cc1cnc[nH]1)c1ccc(C2CCN(C(=S)NCc3ccccc3)CC2)cc1. The third-order valence-corrected chi connectivity index (χ3v) is 7.60. The number of likely N-dealkylation sites (tertiary alicyclic amines) is 1. The minimum absolute atomic E-state index is 0.0557. The summed E-state index contributed by atoms with van der Waals surface area (Å²) in [6.45, 7) is 2.78. The van der Waals surface area contributed by atoms with Gasteiger partial charge in [0.15, 0.2) is 5.11 Å². The van der Waals surface area contributed by atoms with Gasteiger partial charge in [0.1, 0.15) is 0 Å². The van der Waals surface area contributed by atoms with Crippen molar-refractivity contribution < 1.29 is 9.72 Å². The molecule has 0 bridgehead atoms. The minimum atomic E-state index is -0.478. The molecule has 0 aliphatic carbocycles. The summed E-state index contributed by atoms with van der Waals surface area (Å²) < 4.78 is 0. The molecule has 1 aliphatic heterocycles. The molecule has 1 saturated heterocycles. The van der Waals surface area contributed by atoms with Gasteiger partial charge in [0.2, 0.25) is 0 Å². The number of H-pyrrole nitrogens is 1. The maximum atomic E-state index is 13.5. The van der Waals surface area contributed by atoms with Crippen molar-refractivity contribution in [1.29, 1.82) is 0 Å². The number of non-ortho nitro benzene ring substituents is 1. The van der Waals surface area contributed by atoms with Gasteiger partial charge in [0.05, 0.1) is 23.5 Å². The first kappa shape index (κ1) is 27.0. The maximum absolute atomic E-state index is 13.5. The molecule has 2 N–H and O–H groups in total. The number of benzene rings is 3. The van der Waals surface area contributed by atoms with Gasteiger partial charge >= 0.3 is 0 Å². The van der Waals surface area contributed by atoms with Crippen LogP contribution in [0.15, 0.2) is 91.4 Å². The van der Waals surface area contributed by atoms with E-state index in [2.05, 4.69) is 44.5 Å². The Balaban J connectivity index is 1.23. The molecule has 0 atom stereocenters. The summed E-state index contributed by atoms with van der Waals surface area (Å²) in [5.41, 5.74) is 4.27. The van der Waals surface area contributed by atoms with E-state index in [0.29, 0.717) is 24.6 Å². The molecular formula is C30H30N6O3S. The highest BCUT2D eigenvalue weighted by molar-refractivity contribution is 7.80. The predicted molar refractivity (Wildman–Crippen MR) is 158 cm³/mol. The average Bonchev–Trinajstić information content (AvgIpc) is 3.52. The van der Waals surface area contributed by atoms with Crippen molar-refractivity contribution >= 4 is 34.6 Å². The zero-order chi connectivity index (χ0) is 27.9. The highest BCUT2D eigenvalue weighted by Crippen LogP contribution is 2.30. The lowest BCUT2D eigenvalue weighted by Crippen LogP contribution is -2.43. The number of carbonyl (C=O) groups excluding carboxylic acids is 1. The molecule has 0 unspecified atom stereocenters. The Bertz CT molecular complexity index is 1440. The van der Waals surface area contributed by atoms with Gasteiger partial charge in [0.25, 0.3) is 11.6 Å². The number of imidazole rings is 1. The largest absolute Gasteiger partial charge is 0.358 e. The number of nitro benzene ring substituents is 1. The standard InChI is InChI=1S/C30H30N6O3S/c37-29(25-8-12-28(13-9-25)36(38)39)35(20-26-19-31-21-33-26)27-10-6-23(7-11-27)24-14-16-34(17-15-24)30(40)32-18-22-4-2-1-3-5-22/h1-13,19,21,24H,14-18,20H2,(H,31,33)(H,32,40). The topological polar surface area (TPSA) is 107 Å². The maximum Gasteiger partial charge on any atom is 0.269 e. The molecule has 5 rings (SSSR count). The van der Waals surface area contributed by atoms with E-state index < -0.39 is 4.92 Å². The summed E-state index contributed by atoms with van der Waals surface area (Å²) in [6, 6.07) is 24.0. The molecule has 1 fully saturated rings. The highest BCUT2D eigenvalue weighted by atomic mass is 32.1. The van der Waals surface area contributed by atoms with Crippen molar-refractivity contribution in [3.05, 3.63) is 124 Å². The number of hydrogen-bond donors (Lipinski definition) is 2. The van der Waals surface area contributed by atoms with Crippen molar-refractivity contribution in [3.8, 4) is 0 Å². The van der Waals surface area contributed by atoms with Crippen LogP contribution in [0.2, 0.25) is 0 Å². The zero-order valence-electron chi connectivity index (χ0n) is 21.9. The van der Waals surface area contributed by atoms with Crippen LogP contribution in [0.25, 0.3) is 0 Å². The fourth-order valence-electron chi connectivity index (χ4n) is 4.93. The molecule has 3 aromatic carbocycles. The number of carbonyl (C=O) groups is 1. The monoisotopic (exact) mass is 554 g/mol. The van der Waals surface area contributed by atoms with Crippen LogP contribution < -0.4 is 10.2 Å². The quantitative estimate of drug-likeness (QED) is 0.170. The molecule has 9 nitrogen and oxygen atoms in total. The number of aromatic amines is 1. The molecule has 1 aromatic heterocycles. The third-order valence-electron chi connectivity index (χ3n) is 7.20. The van der Waals surface area contributed by atoms with Gasteiger partial charge in [-0.1, -0.05) is 42.5 Å². The number of anilines is 1. The van der Waals surface area contributed by atoms with Gasteiger partial charge in [-0.2, -0.15) is 0 Å². The lowest BCUT2D eigenvalue weighted by Gasteiger charge is -2.34. The zero-order valence-corrected chi connectivity index (χ0v) is 22.7. The number of nitrogens with zero attached hydrogens (tertiary/aromatic N) is 4. The van der Waals surface area contributed by atoms with Crippen LogP contribution in [0.1, 0.15) is 45.9 Å².